The van der Waals surface area contributed by atoms with Gasteiger partial charge in [0.1, 0.15) is 48.3 Å². The summed E-state index contributed by atoms with van der Waals surface area (Å²) in [4.78, 5) is 120. The molecule has 0 radical (unpaired) electrons. The van der Waals surface area contributed by atoms with Crippen LogP contribution in [-0.4, -0.2) is 129 Å². The summed E-state index contributed by atoms with van der Waals surface area (Å²) in [5, 5.41) is 13.8. The molecule has 5 heterocycles. The number of pyridine rings is 2. The molecule has 2 aliphatic heterocycles. The van der Waals surface area contributed by atoms with Crippen molar-refractivity contribution >= 4 is 47.8 Å². The quantitative estimate of drug-likeness (QED) is 0.238. The van der Waals surface area contributed by atoms with Gasteiger partial charge in [0.25, 0.3) is 0 Å². The third kappa shape index (κ3) is 7.72. The summed E-state index contributed by atoms with van der Waals surface area (Å²) < 4.78 is 61.2. The van der Waals surface area contributed by atoms with Crippen LogP contribution in [0.2, 0.25) is 0 Å². The van der Waals surface area contributed by atoms with Crippen molar-refractivity contribution < 1.29 is 90.5 Å². The average molecular weight is 921 g/mol. The number of fused-ring (bicyclic) bond motifs is 5. The van der Waals surface area contributed by atoms with E-state index in [9.17, 15) is 43.5 Å². The molecule has 1 spiro atoms. The number of rotatable bonds is 9. The van der Waals surface area contributed by atoms with E-state index in [0.29, 0.717) is 0 Å². The first-order valence-electron chi connectivity index (χ1n) is 20.9. The molecule has 2 saturated carbocycles. The molecular weight excluding hydrogens is 872 g/mol. The molecule has 13 unspecified atom stereocenters. The van der Waals surface area contributed by atoms with E-state index in [4.69, 9.17) is 47.0 Å². The Bertz CT molecular complexity index is 2420. The lowest BCUT2D eigenvalue weighted by Crippen LogP contribution is -2.89. The maximum Gasteiger partial charge on any atom is 0.341 e. The second-order valence-electron chi connectivity index (χ2n) is 17.2. The number of cyclic esters (lactones) is 1. The van der Waals surface area contributed by atoms with Gasteiger partial charge in [-0.2, -0.15) is 0 Å². The molecule has 66 heavy (non-hydrogen) atoms. The van der Waals surface area contributed by atoms with Crippen molar-refractivity contribution in [1.29, 1.82) is 0 Å². The van der Waals surface area contributed by atoms with Gasteiger partial charge in [-0.3, -0.25) is 33.9 Å². The summed E-state index contributed by atoms with van der Waals surface area (Å²) in [6.45, 7) is 7.40. The fraction of sp³-hybridized carbons (Fsp3) is 0.511. The number of carbonyl (C=O) groups is 8. The second-order valence-corrected chi connectivity index (χ2v) is 17.2. The number of furan rings is 1. The number of aliphatic hydroxyl groups is 1. The zero-order valence-electron chi connectivity index (χ0n) is 37.1. The smallest absolute Gasteiger partial charge is 0.341 e. The second kappa shape index (κ2) is 17.6. The predicted molar refractivity (Wildman–Crippen MR) is 215 cm³/mol. The van der Waals surface area contributed by atoms with Crippen molar-refractivity contribution in [1.82, 2.24) is 9.97 Å². The Morgan fingerprint density at radius 1 is 0.773 bits per heavy atom. The van der Waals surface area contributed by atoms with Crippen LogP contribution in [0.15, 0.2) is 65.9 Å². The highest BCUT2D eigenvalue weighted by Gasteiger charge is 2.92. The zero-order valence-corrected chi connectivity index (χ0v) is 37.1. The first-order chi connectivity index (χ1) is 31.1. The van der Waals surface area contributed by atoms with Crippen molar-refractivity contribution in [2.24, 2.45) is 17.3 Å². The van der Waals surface area contributed by atoms with E-state index in [1.165, 1.54) is 56.6 Å². The third-order valence-electron chi connectivity index (χ3n) is 13.0. The minimum Gasteiger partial charge on any atom is -0.472 e. The molecule has 4 aliphatic rings. The van der Waals surface area contributed by atoms with Crippen molar-refractivity contribution in [3.63, 3.8) is 0 Å². The lowest BCUT2D eigenvalue weighted by Gasteiger charge is -2.67. The Hall–Kier alpha value is -6.74. The number of hydrogen-bond donors (Lipinski definition) is 1. The Balaban J connectivity index is 1.65. The summed E-state index contributed by atoms with van der Waals surface area (Å²) in [7, 11) is 0. The molecule has 1 N–H and O–H groups in total. The average Bonchev–Trinajstić information content (AvgIpc) is 3.88. The molecule has 1 saturated heterocycles. The van der Waals surface area contributed by atoms with Crippen molar-refractivity contribution in [3.05, 3.63) is 83.8 Å². The first kappa shape index (κ1) is 47.2. The summed E-state index contributed by atoms with van der Waals surface area (Å²) >= 11 is 0. The molecule has 0 amide bonds. The van der Waals surface area contributed by atoms with Gasteiger partial charge < -0.3 is 52.2 Å². The lowest BCUT2D eigenvalue weighted by molar-refractivity contribution is -0.385. The van der Waals surface area contributed by atoms with Crippen LogP contribution in [0.25, 0.3) is 0 Å². The molecule has 3 aromatic rings. The number of esters is 8. The van der Waals surface area contributed by atoms with Crippen LogP contribution >= 0.6 is 0 Å². The number of ether oxygens (including phenoxy) is 9. The molecular formula is C45H48N2O19. The van der Waals surface area contributed by atoms with E-state index >= 15 is 0 Å². The van der Waals surface area contributed by atoms with Crippen molar-refractivity contribution in [2.75, 3.05) is 13.2 Å². The minimum absolute atomic E-state index is 0.0752. The predicted octanol–water partition coefficient (Wildman–Crippen LogP) is 2.61. The van der Waals surface area contributed by atoms with Crippen LogP contribution in [0.1, 0.15) is 98.1 Å². The Morgan fingerprint density at radius 2 is 1.42 bits per heavy atom. The molecule has 4 bridgehead atoms. The maximum absolute atomic E-state index is 14.6. The topological polar surface area (TPSA) is 279 Å². The standard InChI is InChI=1S/C45H48N2O19/c1-21-22(2)38(52)65-35-33(60-24(4)49)37(62-26(6)51)44(20-58-23(3)48)36(61-25(5)50)32(63-39(53)27-11-9-14-46-17-27)30-34(64-40(54)28-13-16-57-18-28)45(44,43(35,8)56)66-42(30,7)19-59-41(55)29-12-10-15-47-31(21)29/h9-18,21-22,30,32-37,56H,19-20H2,1-8H3. The van der Waals surface area contributed by atoms with Gasteiger partial charge >= 0.3 is 47.8 Å². The lowest BCUT2D eigenvalue weighted by atomic mass is 9.45. The highest BCUT2D eigenvalue weighted by atomic mass is 16.7. The molecule has 0 aromatic carbocycles. The van der Waals surface area contributed by atoms with E-state index in [-0.39, 0.29) is 22.4 Å². The normalized spacial score (nSPS) is 34.5. The van der Waals surface area contributed by atoms with E-state index < -0.39 is 138 Å². The first-order valence-corrected chi connectivity index (χ1v) is 20.9. The van der Waals surface area contributed by atoms with Gasteiger partial charge in [-0.15, -0.1) is 0 Å². The van der Waals surface area contributed by atoms with Gasteiger partial charge in [-0.1, -0.05) is 13.8 Å². The van der Waals surface area contributed by atoms with Gasteiger partial charge in [0.2, 0.25) is 0 Å². The monoisotopic (exact) mass is 920 g/mol. The molecule has 21 nitrogen and oxygen atoms in total. The number of aromatic nitrogens is 2. The number of hydrogen-bond acceptors (Lipinski definition) is 21. The third-order valence-corrected chi connectivity index (χ3v) is 13.0. The summed E-state index contributed by atoms with van der Waals surface area (Å²) in [5.74, 6) is -12.4. The van der Waals surface area contributed by atoms with Gasteiger partial charge in [0.15, 0.2) is 30.0 Å². The zero-order chi connectivity index (χ0) is 48.1. The molecule has 3 aromatic heterocycles. The van der Waals surface area contributed by atoms with Crippen LogP contribution < -0.4 is 0 Å². The Morgan fingerprint density at radius 3 is 2.03 bits per heavy atom. The molecule has 13 atom stereocenters. The largest absolute Gasteiger partial charge is 0.472 e. The van der Waals surface area contributed by atoms with Crippen LogP contribution in [0.5, 0.6) is 0 Å². The van der Waals surface area contributed by atoms with Gasteiger partial charge in [0.05, 0.1) is 40.5 Å². The highest BCUT2D eigenvalue weighted by molar-refractivity contribution is 5.92. The van der Waals surface area contributed by atoms with E-state index in [0.717, 1.165) is 53.3 Å². The Kier molecular flexibility index (Phi) is 12.6. The van der Waals surface area contributed by atoms with Crippen LogP contribution in [0.4, 0.5) is 0 Å². The SMILES string of the molecule is CC(=O)OCC12C(OC(C)=O)C(OC(=O)c3cccnc3)C3C(OC(=O)c4ccoc4)C14OC3(C)COC(=O)c1cccnc1C(C)C(C)C(=O)OC(C(OC(C)=O)C2OC(C)=O)C4(C)O. The van der Waals surface area contributed by atoms with E-state index in [2.05, 4.69) is 9.97 Å². The van der Waals surface area contributed by atoms with E-state index in [1.807, 2.05) is 0 Å². The van der Waals surface area contributed by atoms with Gasteiger partial charge in [0, 0.05) is 52.2 Å². The van der Waals surface area contributed by atoms with Crippen molar-refractivity contribution in [2.45, 2.75) is 115 Å². The van der Waals surface area contributed by atoms with E-state index in [1.54, 1.807) is 6.92 Å². The molecule has 352 valence electrons. The van der Waals surface area contributed by atoms with Gasteiger partial charge in [-0.25, -0.2) is 14.4 Å². The summed E-state index contributed by atoms with van der Waals surface area (Å²) in [6, 6.07) is 6.89. The summed E-state index contributed by atoms with van der Waals surface area (Å²) in [5.41, 5.74) is -11.0. The molecule has 21 heteroatoms. The number of carbonyl (C=O) groups excluding carboxylic acids is 8. The Labute approximate surface area is 376 Å². The van der Waals surface area contributed by atoms with Crippen LogP contribution in [0.3, 0.4) is 0 Å². The fourth-order valence-corrected chi connectivity index (χ4v) is 10.1. The number of nitrogens with zero attached hydrogens (tertiary/aromatic N) is 2. The summed E-state index contributed by atoms with van der Waals surface area (Å²) in [6.07, 6.45) is -6.55. The van der Waals surface area contributed by atoms with Crippen molar-refractivity contribution in [3.8, 4) is 0 Å². The van der Waals surface area contributed by atoms with Crippen LogP contribution in [-0.2, 0) is 66.6 Å². The van der Waals surface area contributed by atoms with Gasteiger partial charge in [-0.05, 0) is 44.2 Å². The molecule has 7 rings (SSSR count). The van der Waals surface area contributed by atoms with Crippen LogP contribution in [0, 0.1) is 17.3 Å². The molecule has 3 fully saturated rings. The minimum atomic E-state index is -2.93. The molecule has 2 aliphatic carbocycles. The highest BCUT2D eigenvalue weighted by Crippen LogP contribution is 2.70. The maximum atomic E-state index is 14.6. The fourth-order valence-electron chi connectivity index (χ4n) is 10.1.